The van der Waals surface area contributed by atoms with E-state index in [1.165, 1.54) is 6.20 Å². The third kappa shape index (κ3) is 4.27. The van der Waals surface area contributed by atoms with Crippen LogP contribution in [0.15, 0.2) is 48.7 Å². The molecule has 3 heterocycles. The molecule has 0 saturated carbocycles. The van der Waals surface area contributed by atoms with Crippen molar-refractivity contribution >= 4 is 40.1 Å². The van der Waals surface area contributed by atoms with Gasteiger partial charge in [0.25, 0.3) is 0 Å². The molecule has 0 bridgehead atoms. The van der Waals surface area contributed by atoms with Crippen LogP contribution in [0.5, 0.6) is 0 Å². The van der Waals surface area contributed by atoms with Crippen LogP contribution in [0.3, 0.4) is 0 Å². The Balaban J connectivity index is 1.34. The van der Waals surface area contributed by atoms with Gasteiger partial charge >= 0.3 is 0 Å². The van der Waals surface area contributed by atoms with Crippen molar-refractivity contribution in [3.8, 4) is 0 Å². The van der Waals surface area contributed by atoms with Crippen LogP contribution in [-0.2, 0) is 16.1 Å². The SMILES string of the molecule is Cc1cc2ccccc2n1CC(=O)N1CCC(C(=O)Nc2ccc(Cl)cn2)CC1. The van der Waals surface area contributed by atoms with E-state index in [0.29, 0.717) is 43.3 Å². The van der Waals surface area contributed by atoms with Crippen molar-refractivity contribution in [2.75, 3.05) is 18.4 Å². The minimum atomic E-state index is -0.120. The van der Waals surface area contributed by atoms with Gasteiger partial charge in [-0.25, -0.2) is 4.98 Å². The van der Waals surface area contributed by atoms with Crippen molar-refractivity contribution in [2.24, 2.45) is 5.92 Å². The summed E-state index contributed by atoms with van der Waals surface area (Å²) in [6.45, 7) is 3.52. The first-order chi connectivity index (χ1) is 14.0. The molecular weight excluding hydrogens is 388 g/mol. The van der Waals surface area contributed by atoms with Gasteiger partial charge in [0.2, 0.25) is 11.8 Å². The fraction of sp³-hybridized carbons (Fsp3) is 0.318. The molecule has 29 heavy (non-hydrogen) atoms. The zero-order valence-corrected chi connectivity index (χ0v) is 17.0. The van der Waals surface area contributed by atoms with Gasteiger partial charge in [0.05, 0.1) is 5.02 Å². The first-order valence-electron chi connectivity index (χ1n) is 9.76. The molecule has 6 nitrogen and oxygen atoms in total. The van der Waals surface area contributed by atoms with Crippen LogP contribution in [0, 0.1) is 12.8 Å². The number of amides is 2. The number of carbonyl (C=O) groups excluding carboxylic acids is 2. The standard InChI is InChI=1S/C22H23ClN4O2/c1-15-12-17-4-2-3-5-19(17)27(15)14-21(28)26-10-8-16(9-11-26)22(29)25-20-7-6-18(23)13-24-20/h2-7,12-13,16H,8-11,14H2,1H3,(H,24,25,29). The number of anilines is 1. The number of nitrogens with zero attached hydrogens (tertiary/aromatic N) is 3. The van der Waals surface area contributed by atoms with Crippen molar-refractivity contribution in [2.45, 2.75) is 26.3 Å². The average Bonchev–Trinajstić information content (AvgIpc) is 3.05. The molecule has 1 fully saturated rings. The van der Waals surface area contributed by atoms with Crippen molar-refractivity contribution in [1.82, 2.24) is 14.5 Å². The zero-order valence-electron chi connectivity index (χ0n) is 16.3. The molecule has 1 aliphatic heterocycles. The number of fused-ring (bicyclic) bond motifs is 1. The van der Waals surface area contributed by atoms with Gasteiger partial charge in [-0.2, -0.15) is 0 Å². The van der Waals surface area contributed by atoms with Crippen molar-refractivity contribution in [1.29, 1.82) is 0 Å². The number of para-hydroxylation sites is 1. The number of piperidine rings is 1. The molecule has 2 aromatic heterocycles. The van der Waals surface area contributed by atoms with Gasteiger partial charge in [0.15, 0.2) is 0 Å². The summed E-state index contributed by atoms with van der Waals surface area (Å²) in [5.74, 6) is 0.408. The Morgan fingerprint density at radius 3 is 2.66 bits per heavy atom. The number of rotatable bonds is 4. The molecule has 0 unspecified atom stereocenters. The maximum atomic E-state index is 12.8. The Kier molecular flexibility index (Phi) is 5.53. The first-order valence-corrected chi connectivity index (χ1v) is 10.1. The summed E-state index contributed by atoms with van der Waals surface area (Å²) >= 11 is 5.82. The number of pyridine rings is 1. The number of benzene rings is 1. The summed E-state index contributed by atoms with van der Waals surface area (Å²) < 4.78 is 2.06. The molecule has 2 amide bonds. The smallest absolute Gasteiger partial charge is 0.242 e. The number of carbonyl (C=O) groups is 2. The second-order valence-corrected chi connectivity index (χ2v) is 7.87. The largest absolute Gasteiger partial charge is 0.341 e. The zero-order chi connectivity index (χ0) is 20.4. The van der Waals surface area contributed by atoms with E-state index in [1.54, 1.807) is 12.1 Å². The fourth-order valence-electron chi connectivity index (χ4n) is 3.86. The molecule has 1 N–H and O–H groups in total. The third-order valence-corrected chi connectivity index (χ3v) is 5.73. The second kappa shape index (κ2) is 8.25. The monoisotopic (exact) mass is 410 g/mol. The van der Waals surface area contributed by atoms with E-state index in [-0.39, 0.29) is 17.7 Å². The molecular formula is C22H23ClN4O2. The fourth-order valence-corrected chi connectivity index (χ4v) is 3.97. The van der Waals surface area contributed by atoms with E-state index in [2.05, 4.69) is 27.0 Å². The summed E-state index contributed by atoms with van der Waals surface area (Å²) in [6.07, 6.45) is 2.80. The molecule has 3 aromatic rings. The highest BCUT2D eigenvalue weighted by Gasteiger charge is 2.28. The molecule has 1 aliphatic rings. The highest BCUT2D eigenvalue weighted by atomic mass is 35.5. The topological polar surface area (TPSA) is 67.2 Å². The molecule has 0 aliphatic carbocycles. The van der Waals surface area contributed by atoms with Crippen LogP contribution in [0.4, 0.5) is 5.82 Å². The lowest BCUT2D eigenvalue weighted by Crippen LogP contribution is -2.42. The maximum Gasteiger partial charge on any atom is 0.242 e. The molecule has 0 atom stereocenters. The first kappa shape index (κ1) is 19.5. The van der Waals surface area contributed by atoms with Gasteiger partial charge in [0, 0.05) is 36.4 Å². The number of hydrogen-bond acceptors (Lipinski definition) is 3. The molecule has 150 valence electrons. The lowest BCUT2D eigenvalue weighted by atomic mass is 9.96. The third-order valence-electron chi connectivity index (χ3n) is 5.51. The van der Waals surface area contributed by atoms with Crippen LogP contribution < -0.4 is 5.32 Å². The van der Waals surface area contributed by atoms with Crippen molar-refractivity contribution < 1.29 is 9.59 Å². The number of hydrogen-bond donors (Lipinski definition) is 1. The Bertz CT molecular complexity index is 1040. The summed E-state index contributed by atoms with van der Waals surface area (Å²) in [4.78, 5) is 31.3. The van der Waals surface area contributed by atoms with Gasteiger partial charge in [-0.3, -0.25) is 9.59 Å². The van der Waals surface area contributed by atoms with Crippen molar-refractivity contribution in [3.05, 3.63) is 59.4 Å². The summed E-state index contributed by atoms with van der Waals surface area (Å²) in [6, 6.07) is 13.6. The van der Waals surface area contributed by atoms with E-state index < -0.39 is 0 Å². The van der Waals surface area contributed by atoms with Crippen LogP contribution in [0.25, 0.3) is 10.9 Å². The molecule has 0 spiro atoms. The lowest BCUT2D eigenvalue weighted by Gasteiger charge is -2.31. The summed E-state index contributed by atoms with van der Waals surface area (Å²) in [5.41, 5.74) is 2.15. The Hall–Kier alpha value is -2.86. The number of aromatic nitrogens is 2. The predicted octanol–water partition coefficient (Wildman–Crippen LogP) is 3.88. The summed E-state index contributed by atoms with van der Waals surface area (Å²) in [7, 11) is 0. The highest BCUT2D eigenvalue weighted by molar-refractivity contribution is 6.30. The van der Waals surface area contributed by atoms with Gasteiger partial charge in [-0.15, -0.1) is 0 Å². The predicted molar refractivity (Wildman–Crippen MR) is 114 cm³/mol. The molecule has 7 heteroatoms. The van der Waals surface area contributed by atoms with Gasteiger partial charge in [-0.1, -0.05) is 29.8 Å². The van der Waals surface area contributed by atoms with Crippen LogP contribution in [0.2, 0.25) is 5.02 Å². The quantitative estimate of drug-likeness (QED) is 0.709. The minimum Gasteiger partial charge on any atom is -0.341 e. The highest BCUT2D eigenvalue weighted by Crippen LogP contribution is 2.22. The lowest BCUT2D eigenvalue weighted by molar-refractivity contribution is -0.135. The minimum absolute atomic E-state index is 0.0563. The van der Waals surface area contributed by atoms with Crippen LogP contribution in [-0.4, -0.2) is 39.4 Å². The molecule has 0 radical (unpaired) electrons. The molecule has 1 aromatic carbocycles. The second-order valence-electron chi connectivity index (χ2n) is 7.44. The number of likely N-dealkylation sites (tertiary alicyclic amines) is 1. The number of halogens is 1. The number of aryl methyl sites for hydroxylation is 1. The molecule has 4 rings (SSSR count). The maximum absolute atomic E-state index is 12.8. The van der Waals surface area contributed by atoms with E-state index in [9.17, 15) is 9.59 Å². The Morgan fingerprint density at radius 1 is 1.17 bits per heavy atom. The summed E-state index contributed by atoms with van der Waals surface area (Å²) in [5, 5.41) is 4.50. The van der Waals surface area contributed by atoms with Crippen molar-refractivity contribution in [3.63, 3.8) is 0 Å². The van der Waals surface area contributed by atoms with Gasteiger partial charge in [0.1, 0.15) is 12.4 Å². The van der Waals surface area contributed by atoms with Crippen LogP contribution >= 0.6 is 11.6 Å². The normalized spacial score (nSPS) is 14.9. The average molecular weight is 411 g/mol. The number of nitrogens with one attached hydrogen (secondary N) is 1. The van der Waals surface area contributed by atoms with Gasteiger partial charge in [-0.05, 0) is 49.4 Å². The Morgan fingerprint density at radius 2 is 1.93 bits per heavy atom. The van der Waals surface area contributed by atoms with E-state index in [0.717, 1.165) is 16.6 Å². The van der Waals surface area contributed by atoms with E-state index in [1.807, 2.05) is 30.0 Å². The van der Waals surface area contributed by atoms with Gasteiger partial charge < -0.3 is 14.8 Å². The van der Waals surface area contributed by atoms with E-state index in [4.69, 9.17) is 11.6 Å². The molecule has 1 saturated heterocycles. The van der Waals surface area contributed by atoms with Crippen LogP contribution in [0.1, 0.15) is 18.5 Å². The van der Waals surface area contributed by atoms with E-state index >= 15 is 0 Å². The Labute approximate surface area is 174 Å².